The molecule has 3 aromatic rings. The van der Waals surface area contributed by atoms with Crippen LogP contribution in [0.5, 0.6) is 0 Å². The van der Waals surface area contributed by atoms with Gasteiger partial charge in [-0.1, -0.05) is 6.07 Å². The van der Waals surface area contributed by atoms with Gasteiger partial charge in [0.2, 0.25) is 0 Å². The summed E-state index contributed by atoms with van der Waals surface area (Å²) in [5.74, 6) is -1.81. The average Bonchev–Trinajstić information content (AvgIpc) is 2.50. The molecule has 1 N–H and O–H groups in total. The minimum Gasteiger partial charge on any atom is -0.380 e. The summed E-state index contributed by atoms with van der Waals surface area (Å²) in [6.07, 6.45) is 3.46. The first-order valence-electron chi connectivity index (χ1n) is 6.53. The standard InChI is InChI=1S/C16H13F2N3/c1-10-7-14(20-9-11-3-2-6-19-8-11)12-4-5-13(17)15(18)16(12)21-10/h2-8H,9H2,1H3,(H,20,21). The zero-order valence-electron chi connectivity index (χ0n) is 11.4. The number of rotatable bonds is 3. The van der Waals surface area contributed by atoms with Crippen LogP contribution in [-0.2, 0) is 6.54 Å². The molecular formula is C16H13F2N3. The molecule has 5 heteroatoms. The van der Waals surface area contributed by atoms with E-state index in [9.17, 15) is 8.78 Å². The summed E-state index contributed by atoms with van der Waals surface area (Å²) >= 11 is 0. The quantitative estimate of drug-likeness (QED) is 0.794. The smallest absolute Gasteiger partial charge is 0.185 e. The Bertz CT molecular complexity index is 788. The molecule has 3 nitrogen and oxygen atoms in total. The van der Waals surface area contributed by atoms with Gasteiger partial charge in [0.05, 0.1) is 0 Å². The SMILES string of the molecule is Cc1cc(NCc2cccnc2)c2ccc(F)c(F)c2n1. The van der Waals surface area contributed by atoms with E-state index in [1.807, 2.05) is 18.2 Å². The van der Waals surface area contributed by atoms with Crippen LogP contribution in [-0.4, -0.2) is 9.97 Å². The number of hydrogen-bond donors (Lipinski definition) is 1. The molecule has 0 atom stereocenters. The van der Waals surface area contributed by atoms with Crippen molar-refractivity contribution >= 4 is 16.6 Å². The van der Waals surface area contributed by atoms with E-state index in [1.54, 1.807) is 19.3 Å². The maximum absolute atomic E-state index is 13.8. The molecule has 0 saturated heterocycles. The van der Waals surface area contributed by atoms with Gasteiger partial charge in [-0.2, -0.15) is 0 Å². The molecule has 106 valence electrons. The molecule has 0 radical (unpaired) electrons. The molecule has 0 fully saturated rings. The van der Waals surface area contributed by atoms with Gasteiger partial charge in [0.25, 0.3) is 0 Å². The first kappa shape index (κ1) is 13.4. The topological polar surface area (TPSA) is 37.8 Å². The largest absolute Gasteiger partial charge is 0.380 e. The predicted octanol–water partition coefficient (Wildman–Crippen LogP) is 3.83. The molecule has 2 heterocycles. The monoisotopic (exact) mass is 285 g/mol. The lowest BCUT2D eigenvalue weighted by Crippen LogP contribution is -2.02. The Hall–Kier alpha value is -2.56. The lowest BCUT2D eigenvalue weighted by atomic mass is 10.1. The second-order valence-electron chi connectivity index (χ2n) is 4.78. The molecule has 0 aliphatic carbocycles. The highest BCUT2D eigenvalue weighted by molar-refractivity contribution is 5.91. The summed E-state index contributed by atoms with van der Waals surface area (Å²) in [5, 5.41) is 3.78. The number of halogens is 2. The Morgan fingerprint density at radius 1 is 1.19 bits per heavy atom. The van der Waals surface area contributed by atoms with Crippen LogP contribution in [0.1, 0.15) is 11.3 Å². The zero-order chi connectivity index (χ0) is 14.8. The number of nitrogens with one attached hydrogen (secondary N) is 1. The molecule has 0 spiro atoms. The maximum atomic E-state index is 13.8. The highest BCUT2D eigenvalue weighted by Gasteiger charge is 2.12. The van der Waals surface area contributed by atoms with Crippen molar-refractivity contribution in [2.75, 3.05) is 5.32 Å². The van der Waals surface area contributed by atoms with Crippen molar-refractivity contribution in [3.05, 3.63) is 65.6 Å². The van der Waals surface area contributed by atoms with E-state index >= 15 is 0 Å². The van der Waals surface area contributed by atoms with E-state index in [0.717, 1.165) is 17.3 Å². The summed E-state index contributed by atoms with van der Waals surface area (Å²) in [7, 11) is 0. The third-order valence-corrected chi connectivity index (χ3v) is 3.21. The minimum absolute atomic E-state index is 0.0451. The number of nitrogens with zero attached hydrogens (tertiary/aromatic N) is 2. The summed E-state index contributed by atoms with van der Waals surface area (Å²) < 4.78 is 27.2. The number of aryl methyl sites for hydroxylation is 1. The van der Waals surface area contributed by atoms with Gasteiger partial charge in [-0.15, -0.1) is 0 Å². The fourth-order valence-electron chi connectivity index (χ4n) is 2.21. The van der Waals surface area contributed by atoms with Crippen LogP contribution in [0.15, 0.2) is 42.7 Å². The number of hydrogen-bond acceptors (Lipinski definition) is 3. The van der Waals surface area contributed by atoms with Crippen LogP contribution in [0.4, 0.5) is 14.5 Å². The molecule has 0 saturated carbocycles. The fraction of sp³-hybridized carbons (Fsp3) is 0.125. The van der Waals surface area contributed by atoms with Crippen molar-refractivity contribution in [3.63, 3.8) is 0 Å². The van der Waals surface area contributed by atoms with E-state index in [-0.39, 0.29) is 5.52 Å². The predicted molar refractivity (Wildman–Crippen MR) is 78.0 cm³/mol. The van der Waals surface area contributed by atoms with Gasteiger partial charge < -0.3 is 5.32 Å². The Morgan fingerprint density at radius 2 is 2.05 bits per heavy atom. The summed E-state index contributed by atoms with van der Waals surface area (Å²) in [4.78, 5) is 8.12. The van der Waals surface area contributed by atoms with E-state index in [1.165, 1.54) is 6.07 Å². The molecule has 0 unspecified atom stereocenters. The number of anilines is 1. The van der Waals surface area contributed by atoms with E-state index in [0.29, 0.717) is 17.6 Å². The van der Waals surface area contributed by atoms with E-state index in [2.05, 4.69) is 15.3 Å². The van der Waals surface area contributed by atoms with Crippen LogP contribution in [0.2, 0.25) is 0 Å². The Labute approximate surface area is 120 Å². The molecule has 0 aliphatic rings. The van der Waals surface area contributed by atoms with Crippen LogP contribution in [0.25, 0.3) is 10.9 Å². The van der Waals surface area contributed by atoms with Gasteiger partial charge in [-0.25, -0.2) is 13.8 Å². The van der Waals surface area contributed by atoms with Crippen molar-refractivity contribution in [2.24, 2.45) is 0 Å². The van der Waals surface area contributed by atoms with Crippen molar-refractivity contribution in [1.29, 1.82) is 0 Å². The Balaban J connectivity index is 2.00. The number of pyridine rings is 2. The number of benzene rings is 1. The van der Waals surface area contributed by atoms with Gasteiger partial charge in [0.15, 0.2) is 11.6 Å². The first-order valence-corrected chi connectivity index (χ1v) is 6.53. The highest BCUT2D eigenvalue weighted by atomic mass is 19.2. The van der Waals surface area contributed by atoms with Crippen LogP contribution < -0.4 is 5.32 Å². The molecule has 1 aromatic carbocycles. The van der Waals surface area contributed by atoms with Crippen LogP contribution in [0, 0.1) is 18.6 Å². The minimum atomic E-state index is -0.916. The molecule has 0 aliphatic heterocycles. The third kappa shape index (κ3) is 2.67. The maximum Gasteiger partial charge on any atom is 0.185 e. The fourth-order valence-corrected chi connectivity index (χ4v) is 2.21. The van der Waals surface area contributed by atoms with E-state index in [4.69, 9.17) is 0 Å². The highest BCUT2D eigenvalue weighted by Crippen LogP contribution is 2.26. The Kier molecular flexibility index (Phi) is 3.48. The van der Waals surface area contributed by atoms with Crippen LogP contribution in [0.3, 0.4) is 0 Å². The Morgan fingerprint density at radius 3 is 2.81 bits per heavy atom. The lowest BCUT2D eigenvalue weighted by molar-refractivity contribution is 0.515. The summed E-state index contributed by atoms with van der Waals surface area (Å²) in [5.41, 5.74) is 2.40. The number of aromatic nitrogens is 2. The lowest BCUT2D eigenvalue weighted by Gasteiger charge is -2.11. The molecule has 0 amide bonds. The molecule has 2 aromatic heterocycles. The van der Waals surface area contributed by atoms with Crippen molar-refractivity contribution in [2.45, 2.75) is 13.5 Å². The van der Waals surface area contributed by atoms with Gasteiger partial charge in [-0.3, -0.25) is 4.98 Å². The number of fused-ring (bicyclic) bond motifs is 1. The van der Waals surface area contributed by atoms with Crippen molar-refractivity contribution in [3.8, 4) is 0 Å². The summed E-state index contributed by atoms with van der Waals surface area (Å²) in [6.45, 7) is 2.30. The first-order chi connectivity index (χ1) is 10.1. The third-order valence-electron chi connectivity index (χ3n) is 3.21. The van der Waals surface area contributed by atoms with E-state index < -0.39 is 11.6 Å². The van der Waals surface area contributed by atoms with Crippen molar-refractivity contribution in [1.82, 2.24) is 9.97 Å². The van der Waals surface area contributed by atoms with Gasteiger partial charge in [0, 0.05) is 35.7 Å². The molecular weight excluding hydrogens is 272 g/mol. The average molecular weight is 285 g/mol. The van der Waals surface area contributed by atoms with Crippen LogP contribution >= 0.6 is 0 Å². The second kappa shape index (κ2) is 5.44. The normalized spacial score (nSPS) is 10.8. The van der Waals surface area contributed by atoms with Gasteiger partial charge in [-0.05, 0) is 36.8 Å². The molecule has 3 rings (SSSR count). The zero-order valence-corrected chi connectivity index (χ0v) is 11.4. The molecule has 0 bridgehead atoms. The van der Waals surface area contributed by atoms with Crippen molar-refractivity contribution < 1.29 is 8.78 Å². The van der Waals surface area contributed by atoms with Gasteiger partial charge in [0.1, 0.15) is 5.52 Å². The van der Waals surface area contributed by atoms with Gasteiger partial charge >= 0.3 is 0 Å². The molecule has 21 heavy (non-hydrogen) atoms. The summed E-state index contributed by atoms with van der Waals surface area (Å²) in [6, 6.07) is 8.25. The second-order valence-corrected chi connectivity index (χ2v) is 4.78.